The number of amides is 1. The van der Waals surface area contributed by atoms with Crippen molar-refractivity contribution in [3.8, 4) is 0 Å². The zero-order chi connectivity index (χ0) is 12.8. The molecule has 1 rings (SSSR count). The third-order valence-corrected chi connectivity index (χ3v) is 2.26. The van der Waals surface area contributed by atoms with Crippen LogP contribution in [0.1, 0.15) is 30.3 Å². The van der Waals surface area contributed by atoms with Crippen molar-refractivity contribution in [2.24, 2.45) is 5.73 Å². The molecule has 1 heterocycles. The van der Waals surface area contributed by atoms with Crippen molar-refractivity contribution in [1.29, 1.82) is 0 Å². The number of aromatic nitrogens is 2. The summed E-state index contributed by atoms with van der Waals surface area (Å²) < 4.78 is 0. The van der Waals surface area contributed by atoms with Crippen LogP contribution < -0.4 is 22.3 Å². The Balaban J connectivity index is 2.82. The van der Waals surface area contributed by atoms with E-state index < -0.39 is 17.2 Å². The van der Waals surface area contributed by atoms with Crippen LogP contribution in [-0.2, 0) is 0 Å². The van der Waals surface area contributed by atoms with Gasteiger partial charge in [-0.2, -0.15) is 0 Å². The summed E-state index contributed by atoms with van der Waals surface area (Å²) >= 11 is 0. The number of aromatic amines is 2. The van der Waals surface area contributed by atoms with Gasteiger partial charge in [0, 0.05) is 18.7 Å². The first kappa shape index (κ1) is 13.2. The zero-order valence-corrected chi connectivity index (χ0v) is 9.58. The molecule has 0 saturated heterocycles. The molecule has 0 aromatic carbocycles. The lowest BCUT2D eigenvalue weighted by molar-refractivity contribution is 0.0930. The number of H-pyrrole nitrogens is 2. The van der Waals surface area contributed by atoms with E-state index in [0.29, 0.717) is 6.54 Å². The number of rotatable bonds is 5. The molecule has 0 radical (unpaired) electrons. The maximum atomic E-state index is 11.7. The minimum Gasteiger partial charge on any atom is -0.347 e. The molecule has 0 spiro atoms. The minimum atomic E-state index is -0.706. The summed E-state index contributed by atoms with van der Waals surface area (Å²) in [6.45, 7) is 2.29. The van der Waals surface area contributed by atoms with Crippen LogP contribution in [0.4, 0.5) is 0 Å². The number of carbonyl (C=O) groups is 1. The zero-order valence-electron chi connectivity index (χ0n) is 9.58. The normalized spacial score (nSPS) is 12.1. The topological polar surface area (TPSA) is 121 Å². The summed E-state index contributed by atoms with van der Waals surface area (Å²) in [4.78, 5) is 37.9. The maximum absolute atomic E-state index is 11.7. The van der Waals surface area contributed by atoms with Crippen LogP contribution in [0.2, 0.25) is 0 Å². The Bertz CT molecular complexity index is 463. The molecular formula is C10H16N4O3. The molecule has 94 valence electrons. The number of nitrogens with two attached hydrogens (primary N) is 1. The van der Waals surface area contributed by atoms with Crippen LogP contribution in [0.25, 0.3) is 0 Å². The van der Waals surface area contributed by atoms with E-state index in [1.165, 1.54) is 0 Å². The molecule has 0 bridgehead atoms. The second kappa shape index (κ2) is 6.00. The summed E-state index contributed by atoms with van der Waals surface area (Å²) in [5.41, 5.74) is 4.11. The number of nitrogens with one attached hydrogen (secondary N) is 3. The van der Waals surface area contributed by atoms with E-state index in [9.17, 15) is 14.4 Å². The van der Waals surface area contributed by atoms with Gasteiger partial charge < -0.3 is 16.0 Å². The van der Waals surface area contributed by atoms with E-state index in [1.54, 1.807) is 0 Å². The Labute approximate surface area is 97.4 Å². The highest BCUT2D eigenvalue weighted by atomic mass is 16.2. The smallest absolute Gasteiger partial charge is 0.326 e. The first-order chi connectivity index (χ1) is 8.06. The summed E-state index contributed by atoms with van der Waals surface area (Å²) in [5.74, 6) is -0.503. The average molecular weight is 240 g/mol. The van der Waals surface area contributed by atoms with Gasteiger partial charge in [-0.3, -0.25) is 14.6 Å². The van der Waals surface area contributed by atoms with Gasteiger partial charge in [0.25, 0.3) is 11.5 Å². The van der Waals surface area contributed by atoms with Crippen LogP contribution in [0.3, 0.4) is 0 Å². The average Bonchev–Trinajstić information content (AvgIpc) is 2.27. The second-order valence-electron chi connectivity index (χ2n) is 3.70. The van der Waals surface area contributed by atoms with E-state index in [0.717, 1.165) is 18.9 Å². The van der Waals surface area contributed by atoms with Crippen LogP contribution in [0, 0.1) is 0 Å². The van der Waals surface area contributed by atoms with E-state index in [2.05, 4.69) is 10.3 Å². The Hall–Kier alpha value is -1.89. The first-order valence-electron chi connectivity index (χ1n) is 5.41. The monoisotopic (exact) mass is 240 g/mol. The molecule has 0 aliphatic rings. The van der Waals surface area contributed by atoms with Gasteiger partial charge in [0.1, 0.15) is 5.69 Å². The van der Waals surface area contributed by atoms with Gasteiger partial charge in [0.2, 0.25) is 0 Å². The molecule has 0 aliphatic carbocycles. The molecule has 1 amide bonds. The Kier molecular flexibility index (Phi) is 4.65. The molecule has 1 aromatic heterocycles. The summed E-state index contributed by atoms with van der Waals surface area (Å²) in [6, 6.07) is 0.881. The van der Waals surface area contributed by atoms with Gasteiger partial charge in [0.05, 0.1) is 0 Å². The van der Waals surface area contributed by atoms with Crippen molar-refractivity contribution in [3.05, 3.63) is 32.6 Å². The molecule has 0 fully saturated rings. The highest BCUT2D eigenvalue weighted by molar-refractivity contribution is 5.92. The molecule has 1 atom stereocenters. The highest BCUT2D eigenvalue weighted by Gasteiger charge is 2.12. The summed E-state index contributed by atoms with van der Waals surface area (Å²) in [6.07, 6.45) is 1.63. The van der Waals surface area contributed by atoms with Gasteiger partial charge in [-0.15, -0.1) is 0 Å². The predicted molar refractivity (Wildman–Crippen MR) is 62.9 cm³/mol. The fraction of sp³-hybridized carbons (Fsp3) is 0.500. The fourth-order valence-electron chi connectivity index (χ4n) is 1.45. The molecule has 0 saturated carbocycles. The molecule has 5 N–H and O–H groups in total. The van der Waals surface area contributed by atoms with E-state index >= 15 is 0 Å². The quantitative estimate of drug-likeness (QED) is 0.523. The van der Waals surface area contributed by atoms with Crippen molar-refractivity contribution in [1.82, 2.24) is 15.3 Å². The van der Waals surface area contributed by atoms with E-state index in [4.69, 9.17) is 5.73 Å². The Morgan fingerprint density at radius 2 is 2.18 bits per heavy atom. The van der Waals surface area contributed by atoms with Gasteiger partial charge in [-0.05, 0) is 6.42 Å². The Morgan fingerprint density at radius 3 is 2.71 bits per heavy atom. The van der Waals surface area contributed by atoms with Crippen molar-refractivity contribution < 1.29 is 4.79 Å². The van der Waals surface area contributed by atoms with Crippen LogP contribution >= 0.6 is 0 Å². The van der Waals surface area contributed by atoms with Gasteiger partial charge in [-0.25, -0.2) is 4.79 Å². The van der Waals surface area contributed by atoms with Crippen molar-refractivity contribution in [2.75, 3.05) is 6.54 Å². The van der Waals surface area contributed by atoms with Gasteiger partial charge >= 0.3 is 5.69 Å². The first-order valence-corrected chi connectivity index (χ1v) is 5.41. The minimum absolute atomic E-state index is 0.0618. The number of carbonyl (C=O) groups excluding carboxylic acids is 1. The third kappa shape index (κ3) is 3.87. The van der Waals surface area contributed by atoms with E-state index in [-0.39, 0.29) is 11.7 Å². The van der Waals surface area contributed by atoms with Crippen LogP contribution in [-0.4, -0.2) is 28.5 Å². The van der Waals surface area contributed by atoms with Crippen molar-refractivity contribution in [3.63, 3.8) is 0 Å². The lowest BCUT2D eigenvalue weighted by Crippen LogP contribution is -2.41. The number of hydrogen-bond donors (Lipinski definition) is 4. The highest BCUT2D eigenvalue weighted by Crippen LogP contribution is 1.96. The standard InChI is InChI=1S/C10H16N4O3/c1-2-3-6(5-11)12-9(16)7-4-8(15)14-10(17)13-7/h4,6H,2-3,5,11H2,1H3,(H,12,16)(H2,13,14,15,17). The SMILES string of the molecule is CCCC(CN)NC(=O)c1cc(=O)[nH]c(=O)[nH]1. The fourth-order valence-corrected chi connectivity index (χ4v) is 1.45. The molecule has 7 nitrogen and oxygen atoms in total. The largest absolute Gasteiger partial charge is 0.347 e. The predicted octanol–water partition coefficient (Wildman–Crippen LogP) is -1.08. The molecule has 7 heteroatoms. The second-order valence-corrected chi connectivity index (χ2v) is 3.70. The molecule has 17 heavy (non-hydrogen) atoms. The van der Waals surface area contributed by atoms with Gasteiger partial charge in [-0.1, -0.05) is 13.3 Å². The summed E-state index contributed by atoms with van der Waals surface area (Å²) in [7, 11) is 0. The lowest BCUT2D eigenvalue weighted by Gasteiger charge is -2.15. The third-order valence-electron chi connectivity index (χ3n) is 2.26. The molecule has 1 aromatic rings. The van der Waals surface area contributed by atoms with Crippen molar-refractivity contribution in [2.45, 2.75) is 25.8 Å². The lowest BCUT2D eigenvalue weighted by atomic mass is 10.1. The Morgan fingerprint density at radius 1 is 1.47 bits per heavy atom. The maximum Gasteiger partial charge on any atom is 0.326 e. The van der Waals surface area contributed by atoms with Crippen molar-refractivity contribution >= 4 is 5.91 Å². The van der Waals surface area contributed by atoms with Crippen LogP contribution in [0.5, 0.6) is 0 Å². The molecule has 0 aliphatic heterocycles. The molecular weight excluding hydrogens is 224 g/mol. The molecule has 1 unspecified atom stereocenters. The van der Waals surface area contributed by atoms with Crippen LogP contribution in [0.15, 0.2) is 15.7 Å². The van der Waals surface area contributed by atoms with E-state index in [1.807, 2.05) is 11.9 Å². The summed E-state index contributed by atoms with van der Waals surface area (Å²) in [5, 5.41) is 2.65. The van der Waals surface area contributed by atoms with Gasteiger partial charge in [0.15, 0.2) is 0 Å². The number of hydrogen-bond acceptors (Lipinski definition) is 4.